The number of benzene rings is 1. The maximum Gasteiger partial charge on any atom is 0.573 e. The molecule has 0 unspecified atom stereocenters. The third-order valence-electron chi connectivity index (χ3n) is 4.94. The summed E-state index contributed by atoms with van der Waals surface area (Å²) in [5, 5.41) is 0. The van der Waals surface area contributed by atoms with Crippen LogP contribution in [-0.4, -0.2) is 19.6 Å². The van der Waals surface area contributed by atoms with Crippen LogP contribution < -0.4 is 14.2 Å². The summed E-state index contributed by atoms with van der Waals surface area (Å²) in [7, 11) is 0. The van der Waals surface area contributed by atoms with E-state index in [9.17, 15) is 13.2 Å². The van der Waals surface area contributed by atoms with Crippen LogP contribution in [0.1, 0.15) is 44.1 Å². The van der Waals surface area contributed by atoms with Crippen molar-refractivity contribution in [3.8, 4) is 17.2 Å². The van der Waals surface area contributed by atoms with Gasteiger partial charge >= 0.3 is 6.36 Å². The molecule has 3 nitrogen and oxygen atoms in total. The first-order valence-electron chi connectivity index (χ1n) is 8.57. The summed E-state index contributed by atoms with van der Waals surface area (Å²) in [5.74, 6) is 1.21. The number of hydrogen-bond donors (Lipinski definition) is 0. The Morgan fingerprint density at radius 3 is 1.88 bits per heavy atom. The van der Waals surface area contributed by atoms with Crippen molar-refractivity contribution in [2.24, 2.45) is 11.8 Å². The summed E-state index contributed by atoms with van der Waals surface area (Å²) in [5.41, 5.74) is 0.331. The van der Waals surface area contributed by atoms with E-state index in [1.165, 1.54) is 12.5 Å². The number of alkyl halides is 3. The topological polar surface area (TPSA) is 27.7 Å². The highest BCUT2D eigenvalue weighted by Crippen LogP contribution is 2.41. The molecule has 1 aromatic rings. The summed E-state index contributed by atoms with van der Waals surface area (Å²) in [6.45, 7) is 2.54. The summed E-state index contributed by atoms with van der Waals surface area (Å²) in [4.78, 5) is 0. The van der Waals surface area contributed by atoms with E-state index in [4.69, 9.17) is 9.47 Å². The number of halogens is 3. The minimum atomic E-state index is -4.76. The van der Waals surface area contributed by atoms with Gasteiger partial charge in [-0.2, -0.15) is 0 Å². The predicted molar refractivity (Wildman–Crippen MR) is 83.5 cm³/mol. The summed E-state index contributed by atoms with van der Waals surface area (Å²) < 4.78 is 53.8. The molecule has 24 heavy (non-hydrogen) atoms. The molecule has 0 spiro atoms. The first-order chi connectivity index (χ1) is 11.4. The minimum absolute atomic E-state index is 0.132. The van der Waals surface area contributed by atoms with Crippen LogP contribution in [0.5, 0.6) is 17.2 Å². The molecule has 0 N–H and O–H groups in total. The molecular weight excluding hydrogens is 321 g/mol. The molecule has 0 aliphatic heterocycles. The van der Waals surface area contributed by atoms with E-state index in [1.54, 1.807) is 13.0 Å². The number of hydrogen-bond acceptors (Lipinski definition) is 3. The summed E-state index contributed by atoms with van der Waals surface area (Å²) in [6, 6.07) is 3.19. The second kappa shape index (κ2) is 7.11. The molecule has 0 bridgehead atoms. The Morgan fingerprint density at radius 2 is 1.42 bits per heavy atom. The van der Waals surface area contributed by atoms with Gasteiger partial charge in [0.1, 0.15) is 5.75 Å². The van der Waals surface area contributed by atoms with E-state index in [-0.39, 0.29) is 11.5 Å². The van der Waals surface area contributed by atoms with Crippen molar-refractivity contribution in [2.45, 2.75) is 51.8 Å². The van der Waals surface area contributed by atoms with Gasteiger partial charge in [-0.25, -0.2) is 0 Å². The van der Waals surface area contributed by atoms with Crippen molar-refractivity contribution in [3.05, 3.63) is 17.7 Å². The van der Waals surface area contributed by atoms with Crippen molar-refractivity contribution < 1.29 is 27.4 Å². The van der Waals surface area contributed by atoms with Gasteiger partial charge in [0.05, 0.1) is 13.2 Å². The molecule has 3 rings (SSSR count). The lowest BCUT2D eigenvalue weighted by atomic mass is 9.86. The Balaban J connectivity index is 1.74. The average molecular weight is 344 g/mol. The van der Waals surface area contributed by atoms with Crippen molar-refractivity contribution in [1.82, 2.24) is 0 Å². The zero-order valence-electron chi connectivity index (χ0n) is 13.8. The number of ether oxygens (including phenoxy) is 3. The maximum absolute atomic E-state index is 12.8. The van der Waals surface area contributed by atoms with Gasteiger partial charge in [-0.05, 0) is 56.6 Å². The molecule has 0 heterocycles. The van der Waals surface area contributed by atoms with Crippen molar-refractivity contribution in [3.63, 3.8) is 0 Å². The molecule has 6 heteroatoms. The van der Waals surface area contributed by atoms with E-state index < -0.39 is 6.36 Å². The lowest BCUT2D eigenvalue weighted by molar-refractivity contribution is -0.275. The van der Waals surface area contributed by atoms with Crippen molar-refractivity contribution in [1.29, 1.82) is 0 Å². The van der Waals surface area contributed by atoms with E-state index in [1.807, 2.05) is 0 Å². The molecule has 2 aliphatic rings. The lowest BCUT2D eigenvalue weighted by Gasteiger charge is -2.27. The second-order valence-corrected chi connectivity index (χ2v) is 6.78. The van der Waals surface area contributed by atoms with Crippen LogP contribution in [-0.2, 0) is 0 Å². The monoisotopic (exact) mass is 344 g/mol. The largest absolute Gasteiger partial charge is 0.573 e. The highest BCUT2D eigenvalue weighted by Gasteiger charge is 2.34. The van der Waals surface area contributed by atoms with E-state index in [0.29, 0.717) is 36.4 Å². The highest BCUT2D eigenvalue weighted by molar-refractivity contribution is 5.53. The highest BCUT2D eigenvalue weighted by atomic mass is 19.4. The Kier molecular flexibility index (Phi) is 5.11. The van der Waals surface area contributed by atoms with E-state index in [2.05, 4.69) is 4.74 Å². The van der Waals surface area contributed by atoms with Crippen LogP contribution in [0.4, 0.5) is 13.2 Å². The molecular formula is C18H23F3O3. The first-order valence-corrected chi connectivity index (χ1v) is 8.57. The fraction of sp³-hybridized carbons (Fsp3) is 0.667. The van der Waals surface area contributed by atoms with Crippen LogP contribution >= 0.6 is 0 Å². The molecule has 0 saturated heterocycles. The summed E-state index contributed by atoms with van der Waals surface area (Å²) >= 11 is 0. The standard InChI is InChI=1S/C18H23F3O3/c1-12-15(22-10-13-4-2-5-13)8-9-16(17(12)24-18(19,20)21)23-11-14-6-3-7-14/h8-9,13-14H,2-7,10-11H2,1H3. The van der Waals surface area contributed by atoms with Gasteiger partial charge in [-0.1, -0.05) is 12.8 Å². The quantitative estimate of drug-likeness (QED) is 0.676. The molecule has 2 saturated carbocycles. The molecule has 0 amide bonds. The Labute approximate surface area is 140 Å². The van der Waals surface area contributed by atoms with Crippen LogP contribution in [0.15, 0.2) is 12.1 Å². The zero-order valence-corrected chi connectivity index (χ0v) is 13.8. The van der Waals surface area contributed by atoms with Crippen LogP contribution in [0.25, 0.3) is 0 Å². The molecule has 0 radical (unpaired) electrons. The van der Waals surface area contributed by atoms with Gasteiger partial charge in [0.25, 0.3) is 0 Å². The van der Waals surface area contributed by atoms with Crippen molar-refractivity contribution >= 4 is 0 Å². The second-order valence-electron chi connectivity index (χ2n) is 6.78. The predicted octanol–water partition coefficient (Wildman–Crippen LogP) is 5.25. The van der Waals surface area contributed by atoms with Gasteiger partial charge in [0.15, 0.2) is 11.5 Å². The lowest BCUT2D eigenvalue weighted by Crippen LogP contribution is -2.22. The number of rotatable bonds is 7. The Bertz CT molecular complexity index is 563. The fourth-order valence-electron chi connectivity index (χ4n) is 2.90. The van der Waals surface area contributed by atoms with Crippen molar-refractivity contribution in [2.75, 3.05) is 13.2 Å². The van der Waals surface area contributed by atoms with E-state index in [0.717, 1.165) is 32.1 Å². The maximum atomic E-state index is 12.8. The van der Waals surface area contributed by atoms with Crippen LogP contribution in [0.3, 0.4) is 0 Å². The minimum Gasteiger partial charge on any atom is -0.493 e. The molecule has 2 fully saturated rings. The summed E-state index contributed by atoms with van der Waals surface area (Å²) in [6.07, 6.45) is 1.97. The van der Waals surface area contributed by atoms with Gasteiger partial charge in [0.2, 0.25) is 0 Å². The molecule has 0 atom stereocenters. The van der Waals surface area contributed by atoms with Crippen LogP contribution in [0, 0.1) is 18.8 Å². The van der Waals surface area contributed by atoms with Gasteiger partial charge < -0.3 is 14.2 Å². The van der Waals surface area contributed by atoms with E-state index >= 15 is 0 Å². The molecule has 1 aromatic carbocycles. The fourth-order valence-corrected chi connectivity index (χ4v) is 2.90. The normalized spacial score (nSPS) is 18.7. The molecule has 2 aliphatic carbocycles. The Morgan fingerprint density at radius 1 is 0.917 bits per heavy atom. The molecule has 134 valence electrons. The first kappa shape index (κ1) is 17.2. The Hall–Kier alpha value is -1.59. The SMILES string of the molecule is Cc1c(OCC2CCC2)ccc(OCC2CCC2)c1OC(F)(F)F. The molecule has 0 aromatic heterocycles. The van der Waals surface area contributed by atoms with Gasteiger partial charge in [-0.15, -0.1) is 13.2 Å². The van der Waals surface area contributed by atoms with Gasteiger partial charge in [0, 0.05) is 5.56 Å². The van der Waals surface area contributed by atoms with Crippen LogP contribution in [0.2, 0.25) is 0 Å². The third-order valence-corrected chi connectivity index (χ3v) is 4.94. The third kappa shape index (κ3) is 4.28. The van der Waals surface area contributed by atoms with Gasteiger partial charge in [-0.3, -0.25) is 0 Å². The zero-order chi connectivity index (χ0) is 17.2. The smallest absolute Gasteiger partial charge is 0.493 e. The average Bonchev–Trinajstić information content (AvgIpc) is 2.40.